The molecule has 3 amide bonds. The minimum absolute atomic E-state index is 0.0580. The number of amides is 3. The minimum Gasteiger partial charge on any atom is -0.383 e. The first-order valence-corrected chi connectivity index (χ1v) is 7.52. The number of nitrogens with two attached hydrogens (primary N) is 1. The van der Waals surface area contributed by atoms with Crippen LogP contribution in [0.4, 0.5) is 9.80 Å². The molecule has 0 radical (unpaired) electrons. The number of nitrogens with zero attached hydrogens (tertiary/aromatic N) is 1. The van der Waals surface area contributed by atoms with E-state index in [1.807, 2.05) is 6.07 Å². The number of nitrogens with one attached hydrogen (secondary N) is 4. The van der Waals surface area contributed by atoms with Crippen LogP contribution in [0.15, 0.2) is 36.5 Å². The van der Waals surface area contributed by atoms with Gasteiger partial charge in [0.05, 0.1) is 28.7 Å². The van der Waals surface area contributed by atoms with Gasteiger partial charge in [-0.15, -0.1) is 11.3 Å². The Hall–Kier alpha value is -2.94. The highest BCUT2D eigenvalue weighted by molar-refractivity contribution is 7.18. The van der Waals surface area contributed by atoms with Crippen molar-refractivity contribution in [3.63, 3.8) is 0 Å². The topological polar surface area (TPSA) is 133 Å². The molecule has 0 fully saturated rings. The van der Waals surface area contributed by atoms with E-state index in [0.29, 0.717) is 16.4 Å². The SMILES string of the molecule is N=C(N)c1ccc(NC(=O)NCC(=O)NCc2ccccn2)s1. The first kappa shape index (κ1) is 16.4. The van der Waals surface area contributed by atoms with Crippen molar-refractivity contribution in [3.8, 4) is 0 Å². The molecule has 0 bridgehead atoms. The third-order valence-electron chi connectivity index (χ3n) is 2.71. The number of carbonyl (C=O) groups is 2. The van der Waals surface area contributed by atoms with Gasteiger partial charge in [0.1, 0.15) is 5.84 Å². The van der Waals surface area contributed by atoms with E-state index in [2.05, 4.69) is 20.9 Å². The fourth-order valence-corrected chi connectivity index (χ4v) is 2.38. The maximum atomic E-state index is 11.7. The van der Waals surface area contributed by atoms with E-state index in [9.17, 15) is 9.59 Å². The number of thiophene rings is 1. The van der Waals surface area contributed by atoms with E-state index in [4.69, 9.17) is 11.1 Å². The fourth-order valence-electron chi connectivity index (χ4n) is 1.62. The van der Waals surface area contributed by atoms with Crippen LogP contribution in [0.5, 0.6) is 0 Å². The highest BCUT2D eigenvalue weighted by atomic mass is 32.1. The minimum atomic E-state index is -0.505. The summed E-state index contributed by atoms with van der Waals surface area (Å²) in [5, 5.41) is 15.5. The number of amidine groups is 1. The Morgan fingerprint density at radius 1 is 1.22 bits per heavy atom. The molecule has 0 spiro atoms. The van der Waals surface area contributed by atoms with Gasteiger partial charge in [0.2, 0.25) is 5.91 Å². The van der Waals surface area contributed by atoms with Crippen molar-refractivity contribution in [2.45, 2.75) is 6.54 Å². The summed E-state index contributed by atoms with van der Waals surface area (Å²) in [6.07, 6.45) is 1.64. The molecule has 6 N–H and O–H groups in total. The molecule has 0 aliphatic heterocycles. The second kappa shape index (κ2) is 7.90. The second-order valence-corrected chi connectivity index (χ2v) is 5.57. The number of aromatic nitrogens is 1. The van der Waals surface area contributed by atoms with Crippen LogP contribution in [0, 0.1) is 5.41 Å². The van der Waals surface area contributed by atoms with Crippen LogP contribution in [-0.2, 0) is 11.3 Å². The monoisotopic (exact) mass is 332 g/mol. The summed E-state index contributed by atoms with van der Waals surface area (Å²) in [5.41, 5.74) is 6.08. The molecule has 0 aromatic carbocycles. The zero-order chi connectivity index (χ0) is 16.7. The first-order valence-electron chi connectivity index (χ1n) is 6.70. The highest BCUT2D eigenvalue weighted by Gasteiger charge is 2.08. The number of rotatable bonds is 6. The molecule has 9 heteroatoms. The molecule has 2 rings (SSSR count). The van der Waals surface area contributed by atoms with E-state index in [1.54, 1.807) is 30.5 Å². The predicted molar refractivity (Wildman–Crippen MR) is 88.4 cm³/mol. The summed E-state index contributed by atoms with van der Waals surface area (Å²) < 4.78 is 0. The summed E-state index contributed by atoms with van der Waals surface area (Å²) in [4.78, 5) is 28.0. The maximum Gasteiger partial charge on any atom is 0.320 e. The molecule has 0 atom stereocenters. The number of nitrogen functional groups attached to an aromatic ring is 1. The lowest BCUT2D eigenvalue weighted by Gasteiger charge is -2.07. The molecule has 0 unspecified atom stereocenters. The molecule has 8 nitrogen and oxygen atoms in total. The summed E-state index contributed by atoms with van der Waals surface area (Å²) in [7, 11) is 0. The van der Waals surface area contributed by atoms with Gasteiger partial charge in [0.25, 0.3) is 0 Å². The van der Waals surface area contributed by atoms with Crippen LogP contribution in [-0.4, -0.2) is 29.3 Å². The van der Waals surface area contributed by atoms with Gasteiger partial charge in [0.15, 0.2) is 0 Å². The van der Waals surface area contributed by atoms with E-state index in [-0.39, 0.29) is 18.3 Å². The summed E-state index contributed by atoms with van der Waals surface area (Å²) in [6.45, 7) is 0.152. The number of pyridine rings is 1. The van der Waals surface area contributed by atoms with E-state index in [1.165, 1.54) is 11.3 Å². The average molecular weight is 332 g/mol. The van der Waals surface area contributed by atoms with Crippen molar-refractivity contribution in [2.75, 3.05) is 11.9 Å². The van der Waals surface area contributed by atoms with Gasteiger partial charge < -0.3 is 16.4 Å². The van der Waals surface area contributed by atoms with Crippen LogP contribution in [0.25, 0.3) is 0 Å². The zero-order valence-electron chi connectivity index (χ0n) is 12.1. The van der Waals surface area contributed by atoms with Crippen molar-refractivity contribution in [1.29, 1.82) is 5.41 Å². The Kier molecular flexibility index (Phi) is 5.64. The van der Waals surface area contributed by atoms with E-state index in [0.717, 1.165) is 5.69 Å². The Bertz CT molecular complexity index is 700. The van der Waals surface area contributed by atoms with Crippen molar-refractivity contribution in [2.24, 2.45) is 5.73 Å². The molecular formula is C14H16N6O2S. The first-order chi connectivity index (χ1) is 11.0. The zero-order valence-corrected chi connectivity index (χ0v) is 12.9. The number of hydrogen-bond donors (Lipinski definition) is 5. The fraction of sp³-hybridized carbons (Fsp3) is 0.143. The van der Waals surface area contributed by atoms with Gasteiger partial charge in [-0.3, -0.25) is 20.5 Å². The number of carbonyl (C=O) groups excluding carboxylic acids is 2. The van der Waals surface area contributed by atoms with Crippen LogP contribution in [0.1, 0.15) is 10.6 Å². The van der Waals surface area contributed by atoms with Crippen molar-refractivity contribution < 1.29 is 9.59 Å². The molecule has 2 heterocycles. The van der Waals surface area contributed by atoms with Crippen molar-refractivity contribution in [3.05, 3.63) is 47.1 Å². The molecule has 23 heavy (non-hydrogen) atoms. The lowest BCUT2D eigenvalue weighted by atomic mass is 10.3. The van der Waals surface area contributed by atoms with Crippen LogP contribution >= 0.6 is 11.3 Å². The average Bonchev–Trinajstić information content (AvgIpc) is 3.00. The summed E-state index contributed by atoms with van der Waals surface area (Å²) in [5.74, 6) is -0.376. The quantitative estimate of drug-likeness (QED) is 0.396. The van der Waals surface area contributed by atoms with Gasteiger partial charge in [-0.05, 0) is 24.3 Å². The number of urea groups is 1. The van der Waals surface area contributed by atoms with Crippen molar-refractivity contribution >= 4 is 34.1 Å². The summed E-state index contributed by atoms with van der Waals surface area (Å²) >= 11 is 1.18. The van der Waals surface area contributed by atoms with Gasteiger partial charge >= 0.3 is 6.03 Å². The Balaban J connectivity index is 1.71. The molecular weight excluding hydrogens is 316 g/mol. The molecule has 0 saturated carbocycles. The standard InChI is InChI=1S/C14H16N6O2S/c15-13(16)10-4-5-12(23-10)20-14(22)19-8-11(21)18-7-9-3-1-2-6-17-9/h1-6H,7-8H2,(H3,15,16)(H,18,21)(H2,19,20,22). The largest absolute Gasteiger partial charge is 0.383 e. The molecule has 120 valence electrons. The molecule has 0 saturated heterocycles. The lowest BCUT2D eigenvalue weighted by Crippen LogP contribution is -2.38. The normalized spacial score (nSPS) is 9.91. The third-order valence-corrected chi connectivity index (χ3v) is 3.74. The van der Waals surface area contributed by atoms with Gasteiger partial charge in [-0.25, -0.2) is 4.79 Å². The Morgan fingerprint density at radius 3 is 2.70 bits per heavy atom. The van der Waals surface area contributed by atoms with Crippen LogP contribution in [0.3, 0.4) is 0 Å². The molecule has 0 aliphatic carbocycles. The second-order valence-electron chi connectivity index (χ2n) is 4.48. The van der Waals surface area contributed by atoms with Gasteiger partial charge in [-0.2, -0.15) is 0 Å². The highest BCUT2D eigenvalue weighted by Crippen LogP contribution is 2.20. The molecule has 2 aromatic heterocycles. The van der Waals surface area contributed by atoms with Crippen molar-refractivity contribution in [1.82, 2.24) is 15.6 Å². The van der Waals surface area contributed by atoms with E-state index < -0.39 is 6.03 Å². The van der Waals surface area contributed by atoms with Gasteiger partial charge in [0, 0.05) is 6.20 Å². The van der Waals surface area contributed by atoms with Crippen LogP contribution in [0.2, 0.25) is 0 Å². The molecule has 2 aromatic rings. The van der Waals surface area contributed by atoms with Crippen LogP contribution < -0.4 is 21.7 Å². The molecule has 0 aliphatic rings. The smallest absolute Gasteiger partial charge is 0.320 e. The Morgan fingerprint density at radius 2 is 2.04 bits per heavy atom. The number of hydrogen-bond acceptors (Lipinski definition) is 5. The summed E-state index contributed by atoms with van der Waals surface area (Å²) in [6, 6.07) is 8.19. The lowest BCUT2D eigenvalue weighted by molar-refractivity contribution is -0.120. The Labute approximate surface area is 136 Å². The van der Waals surface area contributed by atoms with E-state index >= 15 is 0 Å². The predicted octanol–water partition coefficient (Wildman–Crippen LogP) is 0.865. The maximum absolute atomic E-state index is 11.7. The third kappa shape index (κ3) is 5.40. The number of anilines is 1. The van der Waals surface area contributed by atoms with Gasteiger partial charge in [-0.1, -0.05) is 6.07 Å².